The number of aliphatic hydroxyl groups is 1. The molecule has 1 aliphatic heterocycles. The third kappa shape index (κ3) is 3.57. The summed E-state index contributed by atoms with van der Waals surface area (Å²) in [5.74, 6) is 2.13. The predicted molar refractivity (Wildman–Crippen MR) is 81.5 cm³/mol. The second-order valence-electron chi connectivity index (χ2n) is 6.26. The van der Waals surface area contributed by atoms with Crippen molar-refractivity contribution >= 4 is 0 Å². The van der Waals surface area contributed by atoms with Crippen LogP contribution in [0.2, 0.25) is 0 Å². The van der Waals surface area contributed by atoms with E-state index in [1.54, 1.807) is 7.11 Å². The fourth-order valence-corrected chi connectivity index (χ4v) is 3.51. The van der Waals surface area contributed by atoms with Crippen molar-refractivity contribution in [1.82, 2.24) is 5.32 Å². The van der Waals surface area contributed by atoms with E-state index in [-0.39, 0.29) is 12.2 Å². The van der Waals surface area contributed by atoms with Gasteiger partial charge in [-0.1, -0.05) is 12.1 Å². The van der Waals surface area contributed by atoms with E-state index in [1.165, 1.54) is 5.56 Å². The zero-order valence-corrected chi connectivity index (χ0v) is 12.6. The van der Waals surface area contributed by atoms with Gasteiger partial charge in [-0.15, -0.1) is 0 Å². The SMILES string of the molecule is COCCc1ccc(O[C@@H]2C[C@@H]3CNC[C@@H]3C[C@H]2O)cc1. The lowest BCUT2D eigenvalue weighted by atomic mass is 9.78. The van der Waals surface area contributed by atoms with E-state index in [4.69, 9.17) is 9.47 Å². The van der Waals surface area contributed by atoms with Crippen molar-refractivity contribution in [3.63, 3.8) is 0 Å². The predicted octanol–water partition coefficient (Wildman–Crippen LogP) is 1.61. The summed E-state index contributed by atoms with van der Waals surface area (Å²) in [4.78, 5) is 0. The Kier molecular flexibility index (Phi) is 4.78. The third-order valence-electron chi connectivity index (χ3n) is 4.79. The Labute approximate surface area is 126 Å². The molecule has 4 heteroatoms. The lowest BCUT2D eigenvalue weighted by Gasteiger charge is -2.35. The molecule has 2 fully saturated rings. The van der Waals surface area contributed by atoms with Gasteiger partial charge < -0.3 is 19.9 Å². The molecule has 1 aliphatic carbocycles. The van der Waals surface area contributed by atoms with Crippen LogP contribution >= 0.6 is 0 Å². The smallest absolute Gasteiger partial charge is 0.125 e. The lowest BCUT2D eigenvalue weighted by Crippen LogP contribution is -2.42. The molecule has 0 spiro atoms. The summed E-state index contributed by atoms with van der Waals surface area (Å²) in [5, 5.41) is 13.7. The summed E-state index contributed by atoms with van der Waals surface area (Å²) < 4.78 is 11.1. The van der Waals surface area contributed by atoms with Gasteiger partial charge in [0.1, 0.15) is 11.9 Å². The van der Waals surface area contributed by atoms with E-state index in [1.807, 2.05) is 12.1 Å². The van der Waals surface area contributed by atoms with E-state index in [9.17, 15) is 5.11 Å². The molecule has 4 nitrogen and oxygen atoms in total. The quantitative estimate of drug-likeness (QED) is 0.865. The first kappa shape index (κ1) is 14.8. The van der Waals surface area contributed by atoms with Gasteiger partial charge in [-0.2, -0.15) is 0 Å². The lowest BCUT2D eigenvalue weighted by molar-refractivity contribution is -0.0231. The van der Waals surface area contributed by atoms with Crippen LogP contribution in [0.4, 0.5) is 0 Å². The minimum Gasteiger partial charge on any atom is -0.488 e. The van der Waals surface area contributed by atoms with Crippen LogP contribution in [0.3, 0.4) is 0 Å². The number of aliphatic hydroxyl groups excluding tert-OH is 1. The molecule has 0 aromatic heterocycles. The number of rotatable bonds is 5. The molecule has 0 radical (unpaired) electrons. The zero-order chi connectivity index (χ0) is 14.7. The van der Waals surface area contributed by atoms with Crippen LogP contribution in [-0.4, -0.2) is 44.1 Å². The van der Waals surface area contributed by atoms with Crippen molar-refractivity contribution in [3.05, 3.63) is 29.8 Å². The molecular formula is C17H25NO3. The van der Waals surface area contributed by atoms with Crippen LogP contribution in [0.15, 0.2) is 24.3 Å². The van der Waals surface area contributed by atoms with E-state index in [0.717, 1.165) is 44.7 Å². The highest BCUT2D eigenvalue weighted by molar-refractivity contribution is 5.27. The molecule has 116 valence electrons. The maximum atomic E-state index is 10.3. The Morgan fingerprint density at radius 3 is 2.57 bits per heavy atom. The Hall–Kier alpha value is -1.10. The summed E-state index contributed by atoms with van der Waals surface area (Å²) in [5.41, 5.74) is 1.24. The topological polar surface area (TPSA) is 50.7 Å². The highest BCUT2D eigenvalue weighted by atomic mass is 16.5. The van der Waals surface area contributed by atoms with Crippen LogP contribution in [0, 0.1) is 11.8 Å². The van der Waals surface area contributed by atoms with Gasteiger partial charge in [0.2, 0.25) is 0 Å². The van der Waals surface area contributed by atoms with Crippen molar-refractivity contribution in [2.45, 2.75) is 31.5 Å². The third-order valence-corrected chi connectivity index (χ3v) is 4.79. The summed E-state index contributed by atoms with van der Waals surface area (Å²) >= 11 is 0. The molecule has 4 atom stereocenters. The van der Waals surface area contributed by atoms with Gasteiger partial charge >= 0.3 is 0 Å². The molecule has 0 unspecified atom stereocenters. The molecule has 1 saturated heterocycles. The fraction of sp³-hybridized carbons (Fsp3) is 0.647. The van der Waals surface area contributed by atoms with Crippen molar-refractivity contribution in [2.75, 3.05) is 26.8 Å². The average molecular weight is 291 g/mol. The zero-order valence-electron chi connectivity index (χ0n) is 12.6. The normalized spacial score (nSPS) is 31.9. The maximum Gasteiger partial charge on any atom is 0.125 e. The van der Waals surface area contributed by atoms with E-state index in [2.05, 4.69) is 17.4 Å². The Bertz CT molecular complexity index is 448. The van der Waals surface area contributed by atoms with Gasteiger partial charge in [-0.3, -0.25) is 0 Å². The van der Waals surface area contributed by atoms with Crippen LogP contribution in [-0.2, 0) is 11.2 Å². The van der Waals surface area contributed by atoms with Gasteiger partial charge in [-0.05, 0) is 61.9 Å². The molecule has 21 heavy (non-hydrogen) atoms. The van der Waals surface area contributed by atoms with Gasteiger partial charge in [0.25, 0.3) is 0 Å². The number of benzene rings is 1. The standard InChI is InChI=1S/C17H25NO3/c1-20-7-6-12-2-4-15(5-3-12)21-17-9-14-11-18-10-13(14)8-16(17)19/h2-5,13-14,16-19H,6-11H2,1H3/t13-,14+,16+,17+/m0/s1. The van der Waals surface area contributed by atoms with Crippen LogP contribution in [0.1, 0.15) is 18.4 Å². The van der Waals surface area contributed by atoms with Gasteiger partial charge in [0.15, 0.2) is 0 Å². The summed E-state index contributed by atoms with van der Waals surface area (Å²) in [7, 11) is 1.72. The highest BCUT2D eigenvalue weighted by Crippen LogP contribution is 2.34. The number of methoxy groups -OCH3 is 1. The van der Waals surface area contributed by atoms with Crippen molar-refractivity contribution in [1.29, 1.82) is 0 Å². The second kappa shape index (κ2) is 6.77. The van der Waals surface area contributed by atoms with Gasteiger partial charge in [0.05, 0.1) is 12.7 Å². The molecule has 1 heterocycles. The molecule has 1 aromatic rings. The highest BCUT2D eigenvalue weighted by Gasteiger charge is 2.39. The molecule has 2 N–H and O–H groups in total. The van der Waals surface area contributed by atoms with Crippen LogP contribution < -0.4 is 10.1 Å². The molecule has 3 rings (SSSR count). The number of hydrogen-bond acceptors (Lipinski definition) is 4. The van der Waals surface area contributed by atoms with Gasteiger partial charge in [0, 0.05) is 7.11 Å². The largest absolute Gasteiger partial charge is 0.488 e. The summed E-state index contributed by atoms with van der Waals surface area (Å²) in [6.45, 7) is 2.84. The van der Waals surface area contributed by atoms with Crippen molar-refractivity contribution in [2.24, 2.45) is 11.8 Å². The summed E-state index contributed by atoms with van der Waals surface area (Å²) in [6.07, 6.45) is 2.30. The van der Waals surface area contributed by atoms with Crippen molar-refractivity contribution < 1.29 is 14.6 Å². The maximum absolute atomic E-state index is 10.3. The number of hydrogen-bond donors (Lipinski definition) is 2. The van der Waals surface area contributed by atoms with Crippen molar-refractivity contribution in [3.8, 4) is 5.75 Å². The van der Waals surface area contributed by atoms with Crippen LogP contribution in [0.25, 0.3) is 0 Å². The minimum atomic E-state index is -0.348. The molecule has 2 aliphatic rings. The fourth-order valence-electron chi connectivity index (χ4n) is 3.51. The Morgan fingerprint density at radius 1 is 1.14 bits per heavy atom. The van der Waals surface area contributed by atoms with Gasteiger partial charge in [-0.25, -0.2) is 0 Å². The molecular weight excluding hydrogens is 266 g/mol. The van der Waals surface area contributed by atoms with E-state index in [0.29, 0.717) is 11.8 Å². The first-order valence-corrected chi connectivity index (χ1v) is 7.89. The minimum absolute atomic E-state index is 0.0732. The molecule has 1 aromatic carbocycles. The number of nitrogens with one attached hydrogen (secondary N) is 1. The van der Waals surface area contributed by atoms with E-state index < -0.39 is 0 Å². The average Bonchev–Trinajstić information content (AvgIpc) is 2.94. The summed E-state index contributed by atoms with van der Waals surface area (Å²) in [6, 6.07) is 8.14. The molecule has 1 saturated carbocycles. The Morgan fingerprint density at radius 2 is 1.86 bits per heavy atom. The Balaban J connectivity index is 1.58. The first-order valence-electron chi connectivity index (χ1n) is 7.89. The monoisotopic (exact) mass is 291 g/mol. The second-order valence-corrected chi connectivity index (χ2v) is 6.26. The molecule has 0 amide bonds. The number of ether oxygens (including phenoxy) is 2. The first-order chi connectivity index (χ1) is 10.3. The van der Waals surface area contributed by atoms with Crippen LogP contribution in [0.5, 0.6) is 5.75 Å². The molecule has 0 bridgehead atoms. The number of fused-ring (bicyclic) bond motifs is 1. The van der Waals surface area contributed by atoms with E-state index >= 15 is 0 Å².